The lowest BCUT2D eigenvalue weighted by atomic mass is 9.97. The van der Waals surface area contributed by atoms with Crippen LogP contribution in [0.25, 0.3) is 0 Å². The monoisotopic (exact) mass is 221 g/mol. The first-order valence-corrected chi connectivity index (χ1v) is 4.52. The molecule has 0 heterocycles. The van der Waals surface area contributed by atoms with E-state index in [1.165, 1.54) is 0 Å². The van der Waals surface area contributed by atoms with Gasteiger partial charge in [0.15, 0.2) is 23.3 Å². The summed E-state index contributed by atoms with van der Waals surface area (Å²) in [5.41, 5.74) is 5.06. The van der Waals surface area contributed by atoms with E-state index in [1.807, 2.05) is 0 Å². The Kier molecular flexibility index (Phi) is 3.68. The standard InChI is InChI=1S/C10H11F4N/c1-5(2-3-15)6-4-7(11)9(13)10(14)8(6)12/h4-5H,2-3,15H2,1H3. The van der Waals surface area contributed by atoms with Gasteiger partial charge in [-0.3, -0.25) is 0 Å². The third-order valence-electron chi connectivity index (χ3n) is 2.26. The summed E-state index contributed by atoms with van der Waals surface area (Å²) in [6.07, 6.45) is 0.376. The number of benzene rings is 1. The molecule has 0 radical (unpaired) electrons. The number of hydrogen-bond acceptors (Lipinski definition) is 1. The summed E-state index contributed by atoms with van der Waals surface area (Å²) in [4.78, 5) is 0. The van der Waals surface area contributed by atoms with Gasteiger partial charge in [0.05, 0.1) is 0 Å². The highest BCUT2D eigenvalue weighted by Crippen LogP contribution is 2.26. The largest absolute Gasteiger partial charge is 0.330 e. The average Bonchev–Trinajstić information content (AvgIpc) is 2.20. The van der Waals surface area contributed by atoms with Crippen LogP contribution in [-0.2, 0) is 0 Å². The normalized spacial score (nSPS) is 12.9. The van der Waals surface area contributed by atoms with Gasteiger partial charge < -0.3 is 5.73 Å². The Hall–Kier alpha value is -1.10. The molecule has 0 aliphatic rings. The fourth-order valence-corrected chi connectivity index (χ4v) is 1.36. The summed E-state index contributed by atoms with van der Waals surface area (Å²) < 4.78 is 51.4. The number of nitrogens with two attached hydrogens (primary N) is 1. The lowest BCUT2D eigenvalue weighted by molar-refractivity contribution is 0.399. The molecule has 0 bridgehead atoms. The van der Waals surface area contributed by atoms with Crippen molar-refractivity contribution in [2.45, 2.75) is 19.3 Å². The minimum absolute atomic E-state index is 0.183. The molecule has 0 spiro atoms. The van der Waals surface area contributed by atoms with Crippen molar-refractivity contribution in [1.82, 2.24) is 0 Å². The predicted molar refractivity (Wildman–Crippen MR) is 48.4 cm³/mol. The second-order valence-corrected chi connectivity index (χ2v) is 3.37. The molecule has 1 nitrogen and oxygen atoms in total. The Balaban J connectivity index is 3.19. The van der Waals surface area contributed by atoms with Gasteiger partial charge in [0.1, 0.15) is 0 Å². The average molecular weight is 221 g/mol. The lowest BCUT2D eigenvalue weighted by Crippen LogP contribution is -2.09. The third-order valence-corrected chi connectivity index (χ3v) is 2.26. The molecule has 0 saturated heterocycles. The molecule has 1 unspecified atom stereocenters. The molecule has 0 aliphatic heterocycles. The maximum absolute atomic E-state index is 13.2. The quantitative estimate of drug-likeness (QED) is 0.474. The number of hydrogen-bond donors (Lipinski definition) is 1. The molecule has 0 aromatic heterocycles. The van der Waals surface area contributed by atoms with Gasteiger partial charge in [-0.05, 0) is 30.5 Å². The van der Waals surface area contributed by atoms with Crippen LogP contribution in [0, 0.1) is 23.3 Å². The Morgan fingerprint density at radius 3 is 2.27 bits per heavy atom. The van der Waals surface area contributed by atoms with E-state index in [9.17, 15) is 17.6 Å². The van der Waals surface area contributed by atoms with Crippen molar-refractivity contribution >= 4 is 0 Å². The maximum atomic E-state index is 13.2. The molecule has 1 aromatic carbocycles. The van der Waals surface area contributed by atoms with Gasteiger partial charge in [-0.1, -0.05) is 6.92 Å². The summed E-state index contributed by atoms with van der Waals surface area (Å²) >= 11 is 0. The number of halogens is 4. The highest BCUT2D eigenvalue weighted by atomic mass is 19.2. The first kappa shape index (κ1) is 12.0. The molecule has 0 aliphatic carbocycles. The molecule has 84 valence electrons. The van der Waals surface area contributed by atoms with E-state index in [1.54, 1.807) is 6.92 Å². The van der Waals surface area contributed by atoms with Crippen LogP contribution in [0.15, 0.2) is 6.07 Å². The fraction of sp³-hybridized carbons (Fsp3) is 0.400. The molecule has 1 atom stereocenters. The van der Waals surface area contributed by atoms with Crippen molar-refractivity contribution in [2.24, 2.45) is 5.73 Å². The summed E-state index contributed by atoms with van der Waals surface area (Å²) in [6.45, 7) is 1.84. The first-order valence-electron chi connectivity index (χ1n) is 4.52. The van der Waals surface area contributed by atoms with E-state index in [-0.39, 0.29) is 12.1 Å². The summed E-state index contributed by atoms with van der Waals surface area (Å²) in [7, 11) is 0. The minimum Gasteiger partial charge on any atom is -0.330 e. The molecule has 5 heteroatoms. The summed E-state index contributed by atoms with van der Waals surface area (Å²) in [6, 6.07) is 0.675. The van der Waals surface area contributed by atoms with Crippen molar-refractivity contribution in [2.75, 3.05) is 6.54 Å². The van der Waals surface area contributed by atoms with Crippen molar-refractivity contribution in [3.8, 4) is 0 Å². The molecule has 1 rings (SSSR count). The summed E-state index contributed by atoms with van der Waals surface area (Å²) in [5, 5.41) is 0. The van der Waals surface area contributed by atoms with Gasteiger partial charge in [-0.25, -0.2) is 17.6 Å². The van der Waals surface area contributed by atoms with Gasteiger partial charge in [0.2, 0.25) is 0 Å². The van der Waals surface area contributed by atoms with Crippen LogP contribution in [0.1, 0.15) is 24.8 Å². The van der Waals surface area contributed by atoms with E-state index >= 15 is 0 Å². The molecule has 0 fully saturated rings. The first-order chi connectivity index (χ1) is 6.99. The Bertz CT molecular complexity index is 365. The Labute approximate surface area is 84.9 Å². The lowest BCUT2D eigenvalue weighted by Gasteiger charge is -2.12. The van der Waals surface area contributed by atoms with Crippen LogP contribution in [0.2, 0.25) is 0 Å². The second kappa shape index (κ2) is 4.61. The third kappa shape index (κ3) is 2.28. The molecular weight excluding hydrogens is 210 g/mol. The predicted octanol–water partition coefficient (Wildman–Crippen LogP) is 2.70. The molecule has 1 aromatic rings. The SMILES string of the molecule is CC(CCN)c1cc(F)c(F)c(F)c1F. The van der Waals surface area contributed by atoms with Gasteiger partial charge in [-0.15, -0.1) is 0 Å². The zero-order chi connectivity index (χ0) is 11.6. The molecule has 0 saturated carbocycles. The molecular formula is C10H11F4N. The van der Waals surface area contributed by atoms with E-state index in [0.29, 0.717) is 12.5 Å². The molecule has 15 heavy (non-hydrogen) atoms. The van der Waals surface area contributed by atoms with Crippen molar-refractivity contribution < 1.29 is 17.6 Å². The topological polar surface area (TPSA) is 26.0 Å². The highest BCUT2D eigenvalue weighted by Gasteiger charge is 2.21. The van der Waals surface area contributed by atoms with E-state index in [4.69, 9.17) is 5.73 Å². The van der Waals surface area contributed by atoms with Crippen LogP contribution < -0.4 is 5.73 Å². The fourth-order valence-electron chi connectivity index (χ4n) is 1.36. The number of rotatable bonds is 3. The minimum atomic E-state index is -1.78. The zero-order valence-corrected chi connectivity index (χ0v) is 8.16. The van der Waals surface area contributed by atoms with Crippen molar-refractivity contribution in [3.63, 3.8) is 0 Å². The van der Waals surface area contributed by atoms with Crippen LogP contribution in [0.5, 0.6) is 0 Å². The maximum Gasteiger partial charge on any atom is 0.197 e. The zero-order valence-electron chi connectivity index (χ0n) is 8.16. The Morgan fingerprint density at radius 1 is 1.13 bits per heavy atom. The smallest absolute Gasteiger partial charge is 0.197 e. The van der Waals surface area contributed by atoms with Gasteiger partial charge in [-0.2, -0.15) is 0 Å². The van der Waals surface area contributed by atoms with E-state index < -0.39 is 29.2 Å². The van der Waals surface area contributed by atoms with Crippen molar-refractivity contribution in [1.29, 1.82) is 0 Å². The van der Waals surface area contributed by atoms with Gasteiger partial charge in [0.25, 0.3) is 0 Å². The van der Waals surface area contributed by atoms with Crippen LogP contribution in [0.4, 0.5) is 17.6 Å². The summed E-state index contributed by atoms with van der Waals surface area (Å²) in [5.74, 6) is -6.72. The second-order valence-electron chi connectivity index (χ2n) is 3.37. The van der Waals surface area contributed by atoms with Gasteiger partial charge >= 0.3 is 0 Å². The van der Waals surface area contributed by atoms with E-state index in [2.05, 4.69) is 0 Å². The van der Waals surface area contributed by atoms with Crippen LogP contribution in [0.3, 0.4) is 0 Å². The molecule has 0 amide bonds. The van der Waals surface area contributed by atoms with Crippen LogP contribution in [-0.4, -0.2) is 6.54 Å². The molecule has 2 N–H and O–H groups in total. The Morgan fingerprint density at radius 2 is 1.73 bits per heavy atom. The van der Waals surface area contributed by atoms with Gasteiger partial charge in [0, 0.05) is 0 Å². The van der Waals surface area contributed by atoms with Crippen LogP contribution >= 0.6 is 0 Å². The van der Waals surface area contributed by atoms with Crippen molar-refractivity contribution in [3.05, 3.63) is 34.9 Å². The van der Waals surface area contributed by atoms with E-state index in [0.717, 1.165) is 0 Å². The highest BCUT2D eigenvalue weighted by molar-refractivity contribution is 5.24.